The van der Waals surface area contributed by atoms with E-state index < -0.39 is 25.1 Å². The maximum Gasteiger partial charge on any atom is 0.218 e. The molecule has 0 N–H and O–H groups in total. The predicted molar refractivity (Wildman–Crippen MR) is 83.8 cm³/mol. The summed E-state index contributed by atoms with van der Waals surface area (Å²) in [4.78, 5) is 0. The fourth-order valence-electron chi connectivity index (χ4n) is 3.59. The quantitative estimate of drug-likeness (QED) is 0.686. The molecular weight excluding hydrogens is 326 g/mol. The summed E-state index contributed by atoms with van der Waals surface area (Å²) in [5.74, 6) is -0.244. The molecule has 2 saturated heterocycles. The SMILES string of the molecule is CC1=CC2(CCN(S(=O)(=O)C3CCS(=O)(=O)C3)CC2)OCC1. The Morgan fingerprint density at radius 3 is 2.55 bits per heavy atom. The van der Waals surface area contributed by atoms with Crippen molar-refractivity contribution in [2.24, 2.45) is 0 Å². The fourth-order valence-corrected chi connectivity index (χ4v) is 8.12. The minimum atomic E-state index is -3.52. The van der Waals surface area contributed by atoms with E-state index in [0.29, 0.717) is 32.5 Å². The molecule has 1 atom stereocenters. The van der Waals surface area contributed by atoms with Crippen LogP contribution in [0, 0.1) is 0 Å². The van der Waals surface area contributed by atoms with Crippen LogP contribution in [0.4, 0.5) is 0 Å². The number of piperidine rings is 1. The molecule has 3 rings (SSSR count). The van der Waals surface area contributed by atoms with Crippen LogP contribution < -0.4 is 0 Å². The lowest BCUT2D eigenvalue weighted by atomic mass is 9.88. The zero-order valence-corrected chi connectivity index (χ0v) is 14.5. The molecule has 8 heteroatoms. The van der Waals surface area contributed by atoms with Crippen molar-refractivity contribution in [2.75, 3.05) is 31.2 Å². The summed E-state index contributed by atoms with van der Waals surface area (Å²) in [5.41, 5.74) is 0.972. The second-order valence-electron chi connectivity index (χ2n) is 6.62. The Balaban J connectivity index is 1.70. The van der Waals surface area contributed by atoms with E-state index in [2.05, 4.69) is 13.0 Å². The van der Waals surface area contributed by atoms with Gasteiger partial charge in [0.2, 0.25) is 10.0 Å². The first kappa shape index (κ1) is 16.4. The molecule has 126 valence electrons. The summed E-state index contributed by atoms with van der Waals surface area (Å²) in [5, 5.41) is -0.767. The van der Waals surface area contributed by atoms with E-state index >= 15 is 0 Å². The van der Waals surface area contributed by atoms with Crippen LogP contribution in [-0.4, -0.2) is 63.2 Å². The van der Waals surface area contributed by atoms with Crippen LogP contribution in [0.3, 0.4) is 0 Å². The average Bonchev–Trinajstić information content (AvgIpc) is 2.80. The van der Waals surface area contributed by atoms with Crippen LogP contribution in [0.15, 0.2) is 11.6 Å². The molecule has 3 aliphatic heterocycles. The second-order valence-corrected chi connectivity index (χ2v) is 11.1. The third-order valence-electron chi connectivity index (χ3n) is 4.94. The topological polar surface area (TPSA) is 80.8 Å². The Bertz CT molecular complexity index is 672. The Kier molecular flexibility index (Phi) is 4.16. The van der Waals surface area contributed by atoms with E-state index in [1.54, 1.807) is 0 Å². The molecule has 1 unspecified atom stereocenters. The number of hydrogen-bond acceptors (Lipinski definition) is 5. The Morgan fingerprint density at radius 2 is 2.00 bits per heavy atom. The molecule has 2 fully saturated rings. The van der Waals surface area contributed by atoms with Crippen molar-refractivity contribution in [3.63, 3.8) is 0 Å². The van der Waals surface area contributed by atoms with Gasteiger partial charge < -0.3 is 4.74 Å². The van der Waals surface area contributed by atoms with Crippen molar-refractivity contribution >= 4 is 19.9 Å². The molecule has 0 aromatic rings. The summed E-state index contributed by atoms with van der Waals surface area (Å²) in [6.45, 7) is 3.58. The predicted octanol–water partition coefficient (Wildman–Crippen LogP) is 0.704. The van der Waals surface area contributed by atoms with Crippen LogP contribution >= 0.6 is 0 Å². The van der Waals surface area contributed by atoms with Crippen LogP contribution in [0.2, 0.25) is 0 Å². The summed E-state index contributed by atoms with van der Waals surface area (Å²) in [7, 11) is -6.72. The lowest BCUT2D eigenvalue weighted by Crippen LogP contribution is -2.50. The highest BCUT2D eigenvalue weighted by atomic mass is 32.2. The number of sulfonamides is 1. The number of rotatable bonds is 2. The molecule has 0 radical (unpaired) electrons. The van der Waals surface area contributed by atoms with Crippen molar-refractivity contribution < 1.29 is 21.6 Å². The van der Waals surface area contributed by atoms with Gasteiger partial charge in [-0.25, -0.2) is 21.1 Å². The maximum atomic E-state index is 12.6. The van der Waals surface area contributed by atoms with Gasteiger partial charge in [0.25, 0.3) is 0 Å². The molecule has 6 nitrogen and oxygen atoms in total. The third kappa shape index (κ3) is 3.11. The fraction of sp³-hybridized carbons (Fsp3) is 0.857. The van der Waals surface area contributed by atoms with Crippen molar-refractivity contribution in [1.29, 1.82) is 0 Å². The van der Waals surface area contributed by atoms with E-state index in [1.165, 1.54) is 9.88 Å². The van der Waals surface area contributed by atoms with Crippen molar-refractivity contribution in [3.8, 4) is 0 Å². The molecule has 0 bridgehead atoms. The van der Waals surface area contributed by atoms with Gasteiger partial charge in [-0.05, 0) is 32.6 Å². The van der Waals surface area contributed by atoms with Gasteiger partial charge in [-0.15, -0.1) is 0 Å². The van der Waals surface area contributed by atoms with Crippen molar-refractivity contribution in [1.82, 2.24) is 4.31 Å². The van der Waals surface area contributed by atoms with Gasteiger partial charge in [0.05, 0.1) is 29.0 Å². The second kappa shape index (κ2) is 5.58. The summed E-state index contributed by atoms with van der Waals surface area (Å²) in [6, 6.07) is 0. The largest absolute Gasteiger partial charge is 0.370 e. The normalized spacial score (nSPS) is 32.0. The number of hydrogen-bond donors (Lipinski definition) is 0. The molecule has 0 aromatic carbocycles. The maximum absolute atomic E-state index is 12.6. The van der Waals surface area contributed by atoms with E-state index in [4.69, 9.17) is 4.74 Å². The molecule has 0 aliphatic carbocycles. The average molecular weight is 349 g/mol. The molecule has 3 heterocycles. The van der Waals surface area contributed by atoms with Gasteiger partial charge in [-0.1, -0.05) is 11.6 Å². The lowest BCUT2D eigenvalue weighted by molar-refractivity contribution is -0.0462. The van der Waals surface area contributed by atoms with E-state index in [9.17, 15) is 16.8 Å². The van der Waals surface area contributed by atoms with Gasteiger partial charge in [0.1, 0.15) is 0 Å². The van der Waals surface area contributed by atoms with Gasteiger partial charge in [0, 0.05) is 13.1 Å². The van der Waals surface area contributed by atoms with E-state index in [-0.39, 0.29) is 23.5 Å². The molecule has 0 aromatic heterocycles. The van der Waals surface area contributed by atoms with Crippen LogP contribution in [-0.2, 0) is 24.6 Å². The van der Waals surface area contributed by atoms with Gasteiger partial charge >= 0.3 is 0 Å². The zero-order chi connectivity index (χ0) is 16.0. The molecule has 0 amide bonds. The van der Waals surface area contributed by atoms with E-state index in [1.807, 2.05) is 0 Å². The van der Waals surface area contributed by atoms with Crippen LogP contribution in [0.5, 0.6) is 0 Å². The number of sulfone groups is 1. The molecule has 0 saturated carbocycles. The minimum absolute atomic E-state index is 0.0142. The molecule has 22 heavy (non-hydrogen) atoms. The zero-order valence-electron chi connectivity index (χ0n) is 12.8. The van der Waals surface area contributed by atoms with Gasteiger partial charge in [0.15, 0.2) is 9.84 Å². The summed E-state index contributed by atoms with van der Waals surface area (Å²) in [6.07, 6.45) is 4.58. The molecule has 1 spiro atoms. The molecular formula is C14H23NO5S2. The van der Waals surface area contributed by atoms with Crippen LogP contribution in [0.25, 0.3) is 0 Å². The summed E-state index contributed by atoms with van der Waals surface area (Å²) < 4.78 is 55.7. The first-order chi connectivity index (χ1) is 10.2. The Hall–Kier alpha value is -0.440. The standard InChI is InChI=1S/C14H23NO5S2/c1-12-2-8-20-14(10-12)4-6-15(7-5-14)22(18,19)13-3-9-21(16,17)11-13/h10,13H,2-9,11H2,1H3. The first-order valence-electron chi connectivity index (χ1n) is 7.74. The Labute approximate surface area is 132 Å². The highest BCUT2D eigenvalue weighted by Gasteiger charge is 2.44. The van der Waals surface area contributed by atoms with Gasteiger partial charge in [-0.3, -0.25) is 0 Å². The van der Waals surface area contributed by atoms with Crippen molar-refractivity contribution in [2.45, 2.75) is 43.5 Å². The molecule has 3 aliphatic rings. The highest BCUT2D eigenvalue weighted by Crippen LogP contribution is 2.35. The van der Waals surface area contributed by atoms with Gasteiger partial charge in [-0.2, -0.15) is 0 Å². The number of ether oxygens (including phenoxy) is 1. The first-order valence-corrected chi connectivity index (χ1v) is 11.1. The minimum Gasteiger partial charge on any atom is -0.370 e. The summed E-state index contributed by atoms with van der Waals surface area (Å²) >= 11 is 0. The van der Waals surface area contributed by atoms with E-state index in [0.717, 1.165) is 6.42 Å². The Morgan fingerprint density at radius 1 is 1.32 bits per heavy atom. The number of nitrogens with zero attached hydrogens (tertiary/aromatic N) is 1. The highest BCUT2D eigenvalue weighted by molar-refractivity contribution is 7.95. The van der Waals surface area contributed by atoms with Crippen molar-refractivity contribution in [3.05, 3.63) is 11.6 Å². The van der Waals surface area contributed by atoms with Crippen LogP contribution in [0.1, 0.15) is 32.6 Å². The third-order valence-corrected chi connectivity index (χ3v) is 9.24. The lowest BCUT2D eigenvalue weighted by Gasteiger charge is -2.42. The smallest absolute Gasteiger partial charge is 0.218 e. The monoisotopic (exact) mass is 349 g/mol.